The molecule has 3 rings (SSSR count). The van der Waals surface area contributed by atoms with E-state index in [-0.39, 0.29) is 0 Å². The molecule has 2 atom stereocenters. The molecular formula is C24H38Cl2O. The molecule has 1 fully saturated rings. The largest absolute Gasteiger partial charge is 0.396 e. The molecule has 1 nitrogen and oxygen atoms in total. The molecule has 0 aliphatic heterocycles. The van der Waals surface area contributed by atoms with Gasteiger partial charge < -0.3 is 5.11 Å². The van der Waals surface area contributed by atoms with E-state index in [2.05, 4.69) is 12.1 Å². The number of halogens is 2. The van der Waals surface area contributed by atoms with E-state index in [1.54, 1.807) is 0 Å². The summed E-state index contributed by atoms with van der Waals surface area (Å²) >= 11 is 11.4. The molecule has 1 aliphatic carbocycles. The minimum atomic E-state index is 0.337. The van der Waals surface area contributed by atoms with Gasteiger partial charge in [0.2, 0.25) is 0 Å². The van der Waals surface area contributed by atoms with E-state index in [4.69, 9.17) is 28.3 Å². The van der Waals surface area contributed by atoms with Gasteiger partial charge >= 0.3 is 0 Å². The van der Waals surface area contributed by atoms with E-state index in [9.17, 15) is 0 Å². The molecule has 1 N–H and O–H groups in total. The molecule has 2 aromatic rings. The Kier molecular flexibility index (Phi) is 20.6. The number of hydrogen-bond donors (Lipinski definition) is 1. The Hall–Kier alpha value is -1.02. The van der Waals surface area contributed by atoms with Gasteiger partial charge in [-0.2, -0.15) is 0 Å². The van der Waals surface area contributed by atoms with Crippen LogP contribution in [0.1, 0.15) is 72.3 Å². The van der Waals surface area contributed by atoms with Gasteiger partial charge in [-0.1, -0.05) is 95.1 Å². The first kappa shape index (κ1) is 28.2. The van der Waals surface area contributed by atoms with Crippen LogP contribution in [0.5, 0.6) is 0 Å². The third-order valence-electron chi connectivity index (χ3n) is 3.87. The van der Waals surface area contributed by atoms with Crippen molar-refractivity contribution in [2.45, 2.75) is 66.7 Å². The smallest absolute Gasteiger partial charge is 0.0459 e. The topological polar surface area (TPSA) is 20.2 Å². The zero-order valence-electron chi connectivity index (χ0n) is 17.9. The van der Waals surface area contributed by atoms with Crippen molar-refractivity contribution in [1.82, 2.24) is 0 Å². The average molecular weight is 413 g/mol. The fourth-order valence-corrected chi connectivity index (χ4v) is 2.96. The van der Waals surface area contributed by atoms with Gasteiger partial charge in [0.1, 0.15) is 0 Å². The molecule has 27 heavy (non-hydrogen) atoms. The van der Waals surface area contributed by atoms with Gasteiger partial charge in [-0.05, 0) is 60.9 Å². The number of rotatable bonds is 2. The van der Waals surface area contributed by atoms with Crippen LogP contribution in [0.25, 0.3) is 0 Å². The molecule has 1 saturated carbocycles. The maximum atomic E-state index is 9.05. The van der Waals surface area contributed by atoms with E-state index >= 15 is 0 Å². The Bertz CT molecular complexity index is 526. The van der Waals surface area contributed by atoms with Crippen molar-refractivity contribution >= 4 is 23.2 Å². The quantitative estimate of drug-likeness (QED) is 0.522. The number of aliphatic hydroxyl groups excluding tert-OH is 1. The lowest BCUT2D eigenvalue weighted by atomic mass is 9.97. The highest BCUT2D eigenvalue weighted by atomic mass is 35.5. The Balaban J connectivity index is 0. The Morgan fingerprint density at radius 2 is 1.22 bits per heavy atom. The summed E-state index contributed by atoms with van der Waals surface area (Å²) in [4.78, 5) is 0. The summed E-state index contributed by atoms with van der Waals surface area (Å²) in [7, 11) is 0. The molecule has 0 bridgehead atoms. The summed E-state index contributed by atoms with van der Waals surface area (Å²) in [6.45, 7) is 12.3. The van der Waals surface area contributed by atoms with Crippen molar-refractivity contribution in [2.24, 2.45) is 5.92 Å². The normalized spacial score (nSPS) is 16.8. The summed E-state index contributed by atoms with van der Waals surface area (Å²) in [6, 6.07) is 17.5. The predicted octanol–water partition coefficient (Wildman–Crippen LogP) is 8.63. The number of aliphatic hydroxyl groups is 1. The van der Waals surface area contributed by atoms with Gasteiger partial charge in [0.15, 0.2) is 0 Å². The monoisotopic (exact) mass is 412 g/mol. The molecule has 0 amide bonds. The maximum absolute atomic E-state index is 9.05. The maximum Gasteiger partial charge on any atom is 0.0459 e. The van der Waals surface area contributed by atoms with Crippen LogP contribution in [-0.2, 0) is 0 Å². The summed E-state index contributed by atoms with van der Waals surface area (Å²) in [5.74, 6) is 1.14. The molecule has 2 unspecified atom stereocenters. The third-order valence-corrected chi connectivity index (χ3v) is 4.38. The van der Waals surface area contributed by atoms with Crippen LogP contribution in [0.2, 0.25) is 10.0 Å². The van der Waals surface area contributed by atoms with Crippen molar-refractivity contribution in [1.29, 1.82) is 0 Å². The Morgan fingerprint density at radius 3 is 1.59 bits per heavy atom. The summed E-state index contributed by atoms with van der Waals surface area (Å²) < 4.78 is 0. The summed E-state index contributed by atoms with van der Waals surface area (Å²) in [5.41, 5.74) is 1.37. The van der Waals surface area contributed by atoms with E-state index in [0.717, 1.165) is 22.9 Å². The molecular weight excluding hydrogens is 375 g/mol. The van der Waals surface area contributed by atoms with Crippen molar-refractivity contribution in [3.63, 3.8) is 0 Å². The molecule has 0 heterocycles. The van der Waals surface area contributed by atoms with Crippen molar-refractivity contribution in [3.8, 4) is 0 Å². The lowest BCUT2D eigenvalue weighted by Gasteiger charge is -2.10. The highest BCUT2D eigenvalue weighted by Crippen LogP contribution is 2.38. The average Bonchev–Trinajstić information content (AvgIpc) is 3.23. The SMILES string of the molecule is CC.CC.CC.Clc1ccccc1.OCC1CCC(c2ccc(Cl)cc2)C1. The van der Waals surface area contributed by atoms with Gasteiger partial charge in [0.05, 0.1) is 0 Å². The standard InChI is InChI=1S/C12H15ClO.C6H5Cl.3C2H6/c13-12-5-3-10(4-6-12)11-2-1-9(7-11)8-14;7-6-4-2-1-3-5-6;3*1-2/h3-6,9,11,14H,1-2,7-8H2;1-5H;3*1-2H3. The second-order valence-corrected chi connectivity index (χ2v) is 6.28. The Morgan fingerprint density at radius 1 is 0.741 bits per heavy atom. The second-order valence-electron chi connectivity index (χ2n) is 5.41. The molecule has 3 heteroatoms. The minimum Gasteiger partial charge on any atom is -0.396 e. The first-order valence-corrected chi connectivity index (χ1v) is 11.0. The molecule has 0 spiro atoms. The van der Waals surface area contributed by atoms with Crippen LogP contribution < -0.4 is 0 Å². The molecule has 0 aromatic heterocycles. The first-order valence-electron chi connectivity index (χ1n) is 10.3. The van der Waals surface area contributed by atoms with Crippen LogP contribution in [0.3, 0.4) is 0 Å². The molecule has 1 aliphatic rings. The first-order chi connectivity index (χ1) is 13.2. The highest BCUT2D eigenvalue weighted by molar-refractivity contribution is 6.30. The number of hydrogen-bond acceptors (Lipinski definition) is 1. The van der Waals surface area contributed by atoms with Gasteiger partial charge in [0.25, 0.3) is 0 Å². The second kappa shape index (κ2) is 19.7. The van der Waals surface area contributed by atoms with Crippen LogP contribution in [0.4, 0.5) is 0 Å². The molecule has 0 saturated heterocycles. The van der Waals surface area contributed by atoms with Crippen molar-refractivity contribution < 1.29 is 5.11 Å². The zero-order valence-corrected chi connectivity index (χ0v) is 19.4. The van der Waals surface area contributed by atoms with Gasteiger partial charge in [-0.3, -0.25) is 0 Å². The predicted molar refractivity (Wildman–Crippen MR) is 124 cm³/mol. The summed E-state index contributed by atoms with van der Waals surface area (Å²) in [5, 5.41) is 10.6. The fourth-order valence-electron chi connectivity index (χ4n) is 2.69. The fraction of sp³-hybridized carbons (Fsp3) is 0.500. The van der Waals surface area contributed by atoms with Crippen molar-refractivity contribution in [2.75, 3.05) is 6.61 Å². The van der Waals surface area contributed by atoms with E-state index in [0.29, 0.717) is 18.4 Å². The van der Waals surface area contributed by atoms with E-state index < -0.39 is 0 Å². The van der Waals surface area contributed by atoms with Gasteiger partial charge in [0, 0.05) is 16.7 Å². The highest BCUT2D eigenvalue weighted by Gasteiger charge is 2.24. The summed E-state index contributed by atoms with van der Waals surface area (Å²) in [6.07, 6.45) is 3.48. The molecule has 154 valence electrons. The lowest BCUT2D eigenvalue weighted by molar-refractivity contribution is 0.229. The van der Waals surface area contributed by atoms with Crippen LogP contribution >= 0.6 is 23.2 Å². The minimum absolute atomic E-state index is 0.337. The van der Waals surface area contributed by atoms with E-state index in [1.165, 1.54) is 12.0 Å². The van der Waals surface area contributed by atoms with Gasteiger partial charge in [-0.15, -0.1) is 0 Å². The van der Waals surface area contributed by atoms with Crippen LogP contribution in [0.15, 0.2) is 54.6 Å². The van der Waals surface area contributed by atoms with Gasteiger partial charge in [-0.25, -0.2) is 0 Å². The van der Waals surface area contributed by atoms with Crippen molar-refractivity contribution in [3.05, 3.63) is 70.2 Å². The molecule has 0 radical (unpaired) electrons. The Labute approximate surface area is 177 Å². The molecule has 2 aromatic carbocycles. The number of benzene rings is 2. The van der Waals surface area contributed by atoms with E-state index in [1.807, 2.05) is 84.0 Å². The van der Waals surface area contributed by atoms with Crippen LogP contribution in [0, 0.1) is 5.92 Å². The van der Waals surface area contributed by atoms with Crippen LogP contribution in [-0.4, -0.2) is 11.7 Å². The lowest BCUT2D eigenvalue weighted by Crippen LogP contribution is -2.00. The third kappa shape index (κ3) is 12.9. The zero-order chi connectivity index (χ0) is 21.1.